The second-order valence-corrected chi connectivity index (χ2v) is 9.19. The van der Waals surface area contributed by atoms with Crippen molar-refractivity contribution in [1.82, 2.24) is 15.1 Å². The highest BCUT2D eigenvalue weighted by Crippen LogP contribution is 2.18. The highest BCUT2D eigenvalue weighted by molar-refractivity contribution is 7.91. The number of nitrogens with zero attached hydrogens (tertiary/aromatic N) is 2. The standard InChI is InChI=1S/C17H31N3O5S/c1-3-19(15-8-12-26(23,24)13-15)11-7-16(21)18-14-5-9-20(10-6-14)17(22)25-4-2/h14-15H,3-13H2,1-2H3,(H,18,21). The number of amides is 2. The molecule has 0 aromatic heterocycles. The van der Waals surface area contributed by atoms with Gasteiger partial charge in [-0.1, -0.05) is 6.92 Å². The van der Waals surface area contributed by atoms with Gasteiger partial charge >= 0.3 is 6.09 Å². The molecule has 0 aliphatic carbocycles. The van der Waals surface area contributed by atoms with Crippen LogP contribution in [0.15, 0.2) is 0 Å². The SMILES string of the molecule is CCOC(=O)N1CCC(NC(=O)CCN(CC)C2CCS(=O)(=O)C2)CC1. The number of sulfone groups is 1. The maximum Gasteiger partial charge on any atom is 0.409 e. The molecule has 2 amide bonds. The number of ether oxygens (including phenoxy) is 1. The summed E-state index contributed by atoms with van der Waals surface area (Å²) in [6.07, 6.45) is 2.18. The molecular weight excluding hydrogens is 358 g/mol. The minimum absolute atomic E-state index is 0.0149. The summed E-state index contributed by atoms with van der Waals surface area (Å²) in [5.74, 6) is 0.438. The van der Waals surface area contributed by atoms with Gasteiger partial charge in [0.15, 0.2) is 9.84 Å². The number of carbonyl (C=O) groups is 2. The van der Waals surface area contributed by atoms with E-state index in [-0.39, 0.29) is 35.6 Å². The van der Waals surface area contributed by atoms with E-state index in [0.717, 1.165) is 19.4 Å². The van der Waals surface area contributed by atoms with E-state index in [4.69, 9.17) is 4.74 Å². The van der Waals surface area contributed by atoms with Gasteiger partial charge in [0.05, 0.1) is 18.1 Å². The number of piperidine rings is 1. The Morgan fingerprint density at radius 3 is 2.42 bits per heavy atom. The van der Waals surface area contributed by atoms with Crippen LogP contribution < -0.4 is 5.32 Å². The minimum atomic E-state index is -2.91. The van der Waals surface area contributed by atoms with Crippen molar-refractivity contribution in [2.24, 2.45) is 0 Å². The van der Waals surface area contributed by atoms with Crippen molar-refractivity contribution in [3.8, 4) is 0 Å². The fraction of sp³-hybridized carbons (Fsp3) is 0.882. The molecule has 2 saturated heterocycles. The smallest absolute Gasteiger partial charge is 0.409 e. The van der Waals surface area contributed by atoms with E-state index in [1.54, 1.807) is 11.8 Å². The highest BCUT2D eigenvalue weighted by Gasteiger charge is 2.31. The zero-order chi connectivity index (χ0) is 19.2. The zero-order valence-electron chi connectivity index (χ0n) is 15.8. The Balaban J connectivity index is 1.69. The minimum Gasteiger partial charge on any atom is -0.450 e. The molecule has 0 aromatic carbocycles. The van der Waals surface area contributed by atoms with Crippen LogP contribution in [0.5, 0.6) is 0 Å². The van der Waals surface area contributed by atoms with Crippen LogP contribution in [0, 0.1) is 0 Å². The largest absolute Gasteiger partial charge is 0.450 e. The lowest BCUT2D eigenvalue weighted by Gasteiger charge is -2.32. The van der Waals surface area contributed by atoms with Crippen molar-refractivity contribution in [2.45, 2.75) is 51.6 Å². The molecule has 2 fully saturated rings. The average molecular weight is 390 g/mol. The van der Waals surface area contributed by atoms with Gasteiger partial charge in [0, 0.05) is 38.1 Å². The molecule has 2 aliphatic heterocycles. The number of hydrogen-bond donors (Lipinski definition) is 1. The summed E-state index contributed by atoms with van der Waals surface area (Å²) < 4.78 is 28.3. The molecule has 2 rings (SSSR count). The van der Waals surface area contributed by atoms with E-state index in [9.17, 15) is 18.0 Å². The lowest BCUT2D eigenvalue weighted by atomic mass is 10.1. The summed E-state index contributed by atoms with van der Waals surface area (Å²) in [7, 11) is -2.91. The first-order chi connectivity index (χ1) is 12.3. The van der Waals surface area contributed by atoms with Crippen LogP contribution in [0.4, 0.5) is 4.79 Å². The van der Waals surface area contributed by atoms with Crippen LogP contribution in [0.25, 0.3) is 0 Å². The third-order valence-electron chi connectivity index (χ3n) is 5.14. The fourth-order valence-electron chi connectivity index (χ4n) is 3.63. The molecule has 1 N–H and O–H groups in total. The molecule has 9 heteroatoms. The van der Waals surface area contributed by atoms with Crippen LogP contribution >= 0.6 is 0 Å². The zero-order valence-corrected chi connectivity index (χ0v) is 16.6. The van der Waals surface area contributed by atoms with E-state index in [1.807, 2.05) is 6.92 Å². The summed E-state index contributed by atoms with van der Waals surface area (Å²) in [4.78, 5) is 27.7. The molecule has 1 unspecified atom stereocenters. The molecule has 26 heavy (non-hydrogen) atoms. The van der Waals surface area contributed by atoms with Gasteiger partial charge in [-0.25, -0.2) is 13.2 Å². The summed E-state index contributed by atoms with van der Waals surface area (Å²) in [6.45, 7) is 6.64. The highest BCUT2D eigenvalue weighted by atomic mass is 32.2. The van der Waals surface area contributed by atoms with Crippen LogP contribution in [0.1, 0.15) is 39.5 Å². The molecule has 0 bridgehead atoms. The lowest BCUT2D eigenvalue weighted by molar-refractivity contribution is -0.122. The number of carbonyl (C=O) groups excluding carboxylic acids is 2. The first kappa shape index (κ1) is 21.0. The second kappa shape index (κ2) is 9.55. The van der Waals surface area contributed by atoms with Crippen LogP contribution in [-0.4, -0.2) is 86.6 Å². The van der Waals surface area contributed by atoms with Gasteiger partial charge in [-0.05, 0) is 32.7 Å². The van der Waals surface area contributed by atoms with Crippen molar-refractivity contribution < 1.29 is 22.7 Å². The Labute approximate surface area is 156 Å². The van der Waals surface area contributed by atoms with Gasteiger partial charge in [0.1, 0.15) is 0 Å². The molecule has 0 saturated carbocycles. The molecular formula is C17H31N3O5S. The van der Waals surface area contributed by atoms with Crippen LogP contribution in [0.2, 0.25) is 0 Å². The fourth-order valence-corrected chi connectivity index (χ4v) is 5.39. The van der Waals surface area contributed by atoms with E-state index in [2.05, 4.69) is 10.2 Å². The molecule has 150 valence electrons. The van der Waals surface area contributed by atoms with Crippen molar-refractivity contribution >= 4 is 21.8 Å². The summed E-state index contributed by atoms with van der Waals surface area (Å²) in [5.41, 5.74) is 0. The first-order valence-corrected chi connectivity index (χ1v) is 11.3. The Hall–Kier alpha value is -1.35. The molecule has 2 heterocycles. The predicted octanol–water partition coefficient (Wildman–Crippen LogP) is 0.623. The maximum absolute atomic E-state index is 12.2. The Bertz CT molecular complexity index is 587. The van der Waals surface area contributed by atoms with E-state index in [0.29, 0.717) is 39.1 Å². The maximum atomic E-state index is 12.2. The number of hydrogen-bond acceptors (Lipinski definition) is 6. The molecule has 0 aromatic rings. The van der Waals surface area contributed by atoms with Crippen molar-refractivity contribution in [1.29, 1.82) is 0 Å². The Kier molecular flexibility index (Phi) is 7.69. The van der Waals surface area contributed by atoms with Gasteiger partial charge in [-0.3, -0.25) is 9.69 Å². The monoisotopic (exact) mass is 389 g/mol. The summed E-state index contributed by atoms with van der Waals surface area (Å²) in [5, 5.41) is 3.03. The quantitative estimate of drug-likeness (QED) is 0.686. The summed E-state index contributed by atoms with van der Waals surface area (Å²) in [6, 6.07) is 0.112. The molecule has 0 radical (unpaired) electrons. The molecule has 8 nitrogen and oxygen atoms in total. The molecule has 1 atom stereocenters. The van der Waals surface area contributed by atoms with Crippen molar-refractivity contribution in [2.75, 3.05) is 44.3 Å². The summed E-state index contributed by atoms with van der Waals surface area (Å²) >= 11 is 0. The van der Waals surface area contributed by atoms with Crippen LogP contribution in [0.3, 0.4) is 0 Å². The average Bonchev–Trinajstić information content (AvgIpc) is 2.96. The molecule has 0 spiro atoms. The van der Waals surface area contributed by atoms with Gasteiger partial charge in [0.2, 0.25) is 5.91 Å². The van der Waals surface area contributed by atoms with Gasteiger partial charge < -0.3 is 15.0 Å². The number of likely N-dealkylation sites (tertiary alicyclic amines) is 1. The van der Waals surface area contributed by atoms with Gasteiger partial charge in [0.25, 0.3) is 0 Å². The topological polar surface area (TPSA) is 96.0 Å². The molecule has 2 aliphatic rings. The van der Waals surface area contributed by atoms with Gasteiger partial charge in [-0.2, -0.15) is 0 Å². The van der Waals surface area contributed by atoms with Crippen molar-refractivity contribution in [3.63, 3.8) is 0 Å². The van der Waals surface area contributed by atoms with Crippen LogP contribution in [-0.2, 0) is 19.4 Å². The normalized spacial score (nSPS) is 23.2. The number of rotatable bonds is 7. The first-order valence-electron chi connectivity index (χ1n) is 9.50. The predicted molar refractivity (Wildman–Crippen MR) is 98.7 cm³/mol. The van der Waals surface area contributed by atoms with Crippen molar-refractivity contribution in [3.05, 3.63) is 0 Å². The Morgan fingerprint density at radius 1 is 1.19 bits per heavy atom. The Morgan fingerprint density at radius 2 is 1.88 bits per heavy atom. The third kappa shape index (κ3) is 6.12. The lowest BCUT2D eigenvalue weighted by Crippen LogP contribution is -2.47. The number of nitrogens with one attached hydrogen (secondary N) is 1. The van der Waals surface area contributed by atoms with E-state index in [1.165, 1.54) is 0 Å². The third-order valence-corrected chi connectivity index (χ3v) is 6.89. The van der Waals surface area contributed by atoms with E-state index < -0.39 is 9.84 Å². The van der Waals surface area contributed by atoms with E-state index >= 15 is 0 Å². The van der Waals surface area contributed by atoms with Gasteiger partial charge in [-0.15, -0.1) is 0 Å². The second-order valence-electron chi connectivity index (χ2n) is 6.96.